The van der Waals surface area contributed by atoms with E-state index in [1.807, 2.05) is 12.1 Å². The van der Waals surface area contributed by atoms with Gasteiger partial charge in [-0.05, 0) is 23.8 Å². The number of rotatable bonds is 5. The van der Waals surface area contributed by atoms with Crippen LogP contribution in [0.1, 0.15) is 12.0 Å². The molecule has 1 aromatic rings. The lowest BCUT2D eigenvalue weighted by Crippen LogP contribution is -2.21. The quantitative estimate of drug-likeness (QED) is 0.781. The molecular weight excluding hydrogens is 235 g/mol. The van der Waals surface area contributed by atoms with Crippen molar-refractivity contribution in [2.24, 2.45) is 5.73 Å². The number of primary amides is 1. The van der Waals surface area contributed by atoms with Crippen LogP contribution in [-0.2, 0) is 11.3 Å². The summed E-state index contributed by atoms with van der Waals surface area (Å²) in [5, 5.41) is 4.28. The molecule has 0 saturated heterocycles. The molecule has 0 aliphatic carbocycles. The minimum absolute atomic E-state index is 0.313. The average molecular weight is 247 g/mol. The molecule has 0 aromatic heterocycles. The molecular formula is C10H12Cl2N2O. The summed E-state index contributed by atoms with van der Waals surface area (Å²) < 4.78 is 0. The highest BCUT2D eigenvalue weighted by molar-refractivity contribution is 6.34. The molecule has 1 aromatic carbocycles. The molecule has 0 unspecified atom stereocenters. The molecule has 0 fully saturated rings. The highest BCUT2D eigenvalue weighted by Gasteiger charge is 1.98. The number of carbonyl (C=O) groups is 1. The number of benzene rings is 1. The van der Waals surface area contributed by atoms with E-state index in [9.17, 15) is 4.79 Å². The third-order valence-electron chi connectivity index (χ3n) is 1.80. The highest BCUT2D eigenvalue weighted by atomic mass is 35.5. The first-order chi connectivity index (χ1) is 7.08. The minimum Gasteiger partial charge on any atom is -0.370 e. The van der Waals surface area contributed by atoms with Crippen molar-refractivity contribution in [3.63, 3.8) is 0 Å². The van der Waals surface area contributed by atoms with E-state index in [4.69, 9.17) is 28.9 Å². The third kappa shape index (κ3) is 5.02. The standard InChI is InChI=1S/C10H12Cl2N2O/c11-8-3-7(4-9(12)5-8)6-14-2-1-10(13)15/h3-5,14H,1-2,6H2,(H2,13,15). The summed E-state index contributed by atoms with van der Waals surface area (Å²) in [5.74, 6) is -0.313. The number of hydrogen-bond acceptors (Lipinski definition) is 2. The maximum absolute atomic E-state index is 10.5. The monoisotopic (exact) mass is 246 g/mol. The smallest absolute Gasteiger partial charge is 0.218 e. The van der Waals surface area contributed by atoms with Crippen LogP contribution in [0.3, 0.4) is 0 Å². The molecule has 0 radical (unpaired) electrons. The third-order valence-corrected chi connectivity index (χ3v) is 2.24. The van der Waals surface area contributed by atoms with E-state index in [1.165, 1.54) is 0 Å². The molecule has 0 spiro atoms. The van der Waals surface area contributed by atoms with E-state index in [0.29, 0.717) is 29.6 Å². The van der Waals surface area contributed by atoms with Crippen molar-refractivity contribution in [1.82, 2.24) is 5.32 Å². The summed E-state index contributed by atoms with van der Waals surface area (Å²) in [6.07, 6.45) is 0.328. The van der Waals surface area contributed by atoms with E-state index in [0.717, 1.165) is 5.56 Å². The van der Waals surface area contributed by atoms with Gasteiger partial charge >= 0.3 is 0 Å². The van der Waals surface area contributed by atoms with Crippen molar-refractivity contribution < 1.29 is 4.79 Å². The molecule has 0 aliphatic rings. The molecule has 0 atom stereocenters. The summed E-state index contributed by atoms with van der Waals surface area (Å²) in [7, 11) is 0. The second kappa shape index (κ2) is 5.95. The summed E-state index contributed by atoms with van der Waals surface area (Å²) in [6, 6.07) is 5.32. The molecule has 3 nitrogen and oxygen atoms in total. The lowest BCUT2D eigenvalue weighted by Gasteiger charge is -2.04. The zero-order valence-corrected chi connectivity index (χ0v) is 9.61. The first kappa shape index (κ1) is 12.3. The predicted molar refractivity (Wildman–Crippen MR) is 62.0 cm³/mol. The van der Waals surface area contributed by atoms with Crippen molar-refractivity contribution >= 4 is 29.1 Å². The SMILES string of the molecule is NC(=O)CCNCc1cc(Cl)cc(Cl)c1. The first-order valence-corrected chi connectivity index (χ1v) is 5.27. The highest BCUT2D eigenvalue weighted by Crippen LogP contribution is 2.18. The van der Waals surface area contributed by atoms with E-state index < -0.39 is 0 Å². The predicted octanol–water partition coefficient (Wildman–Crippen LogP) is 1.96. The number of amides is 1. The molecule has 0 aliphatic heterocycles. The van der Waals surface area contributed by atoms with Gasteiger partial charge in [0.15, 0.2) is 0 Å². The van der Waals surface area contributed by atoms with Gasteiger partial charge in [0.1, 0.15) is 0 Å². The Morgan fingerprint density at radius 2 is 1.87 bits per heavy atom. The minimum atomic E-state index is -0.313. The molecule has 3 N–H and O–H groups in total. The van der Waals surface area contributed by atoms with Gasteiger partial charge in [0.05, 0.1) is 0 Å². The summed E-state index contributed by atoms with van der Waals surface area (Å²) in [4.78, 5) is 10.5. The Labute approximate surface area is 98.5 Å². The normalized spacial score (nSPS) is 10.3. The zero-order valence-electron chi connectivity index (χ0n) is 8.09. The van der Waals surface area contributed by atoms with Crippen LogP contribution in [0.2, 0.25) is 10.0 Å². The van der Waals surface area contributed by atoms with Crippen LogP contribution in [0.15, 0.2) is 18.2 Å². The molecule has 1 rings (SSSR count). The summed E-state index contributed by atoms with van der Waals surface area (Å²) >= 11 is 11.7. The molecule has 1 amide bonds. The van der Waals surface area contributed by atoms with E-state index >= 15 is 0 Å². The first-order valence-electron chi connectivity index (χ1n) is 4.52. The average Bonchev–Trinajstić information content (AvgIpc) is 2.10. The van der Waals surface area contributed by atoms with Crippen molar-refractivity contribution in [3.8, 4) is 0 Å². The number of hydrogen-bond donors (Lipinski definition) is 2. The fourth-order valence-electron chi connectivity index (χ4n) is 1.16. The van der Waals surface area contributed by atoms with Gasteiger partial charge in [-0.15, -0.1) is 0 Å². The van der Waals surface area contributed by atoms with Crippen LogP contribution in [0.25, 0.3) is 0 Å². The summed E-state index contributed by atoms with van der Waals surface area (Å²) in [6.45, 7) is 1.17. The number of nitrogens with two attached hydrogens (primary N) is 1. The lowest BCUT2D eigenvalue weighted by atomic mass is 10.2. The lowest BCUT2D eigenvalue weighted by molar-refractivity contribution is -0.117. The van der Waals surface area contributed by atoms with Crippen molar-refractivity contribution in [3.05, 3.63) is 33.8 Å². The largest absolute Gasteiger partial charge is 0.370 e. The maximum Gasteiger partial charge on any atom is 0.218 e. The molecule has 0 saturated carbocycles. The van der Waals surface area contributed by atoms with Crippen LogP contribution >= 0.6 is 23.2 Å². The van der Waals surface area contributed by atoms with Gasteiger partial charge in [0, 0.05) is 29.6 Å². The van der Waals surface area contributed by atoms with Crippen LogP contribution in [0.5, 0.6) is 0 Å². The van der Waals surface area contributed by atoms with Crippen molar-refractivity contribution in [2.45, 2.75) is 13.0 Å². The number of halogens is 2. The fraction of sp³-hybridized carbons (Fsp3) is 0.300. The second-order valence-corrected chi connectivity index (χ2v) is 4.04. The van der Waals surface area contributed by atoms with Gasteiger partial charge in [-0.2, -0.15) is 0 Å². The molecule has 82 valence electrons. The zero-order chi connectivity index (χ0) is 11.3. The molecule has 0 bridgehead atoms. The maximum atomic E-state index is 10.5. The van der Waals surface area contributed by atoms with E-state index in [2.05, 4.69) is 5.32 Å². The molecule has 15 heavy (non-hydrogen) atoms. The molecule has 5 heteroatoms. The number of nitrogens with one attached hydrogen (secondary N) is 1. The van der Waals surface area contributed by atoms with Crippen LogP contribution in [-0.4, -0.2) is 12.5 Å². The Morgan fingerprint density at radius 3 is 2.40 bits per heavy atom. The Hall–Kier alpha value is -0.770. The Bertz CT molecular complexity index is 335. The van der Waals surface area contributed by atoms with Gasteiger partial charge in [0.25, 0.3) is 0 Å². The van der Waals surface area contributed by atoms with E-state index in [1.54, 1.807) is 6.07 Å². The Morgan fingerprint density at radius 1 is 1.27 bits per heavy atom. The van der Waals surface area contributed by atoms with Crippen LogP contribution < -0.4 is 11.1 Å². The van der Waals surface area contributed by atoms with Gasteiger partial charge < -0.3 is 11.1 Å². The van der Waals surface area contributed by atoms with Gasteiger partial charge in [-0.25, -0.2) is 0 Å². The van der Waals surface area contributed by atoms with Crippen molar-refractivity contribution in [2.75, 3.05) is 6.54 Å². The van der Waals surface area contributed by atoms with Crippen LogP contribution in [0.4, 0.5) is 0 Å². The van der Waals surface area contributed by atoms with E-state index in [-0.39, 0.29) is 5.91 Å². The fourth-order valence-corrected chi connectivity index (χ4v) is 1.73. The Balaban J connectivity index is 2.40. The Kier molecular flexibility index (Phi) is 4.88. The topological polar surface area (TPSA) is 55.1 Å². The van der Waals surface area contributed by atoms with Crippen LogP contribution in [0, 0.1) is 0 Å². The second-order valence-electron chi connectivity index (χ2n) is 3.17. The molecule has 0 heterocycles. The number of carbonyl (C=O) groups excluding carboxylic acids is 1. The summed E-state index contributed by atoms with van der Waals surface area (Å²) in [5.41, 5.74) is 5.98. The van der Waals surface area contributed by atoms with Gasteiger partial charge in [-0.3, -0.25) is 4.79 Å². The van der Waals surface area contributed by atoms with Gasteiger partial charge in [-0.1, -0.05) is 23.2 Å². The van der Waals surface area contributed by atoms with Gasteiger partial charge in [0.2, 0.25) is 5.91 Å². The van der Waals surface area contributed by atoms with Crippen molar-refractivity contribution in [1.29, 1.82) is 0 Å².